The molecule has 0 saturated carbocycles. The summed E-state index contributed by atoms with van der Waals surface area (Å²) in [6, 6.07) is 7.69. The zero-order chi connectivity index (χ0) is 24.3. The van der Waals surface area contributed by atoms with E-state index in [9.17, 15) is 0 Å². The maximum atomic E-state index is 6.08. The molecular formula is C28H49O4PS. The van der Waals surface area contributed by atoms with Crippen molar-refractivity contribution in [2.24, 2.45) is 0 Å². The molecule has 0 amide bonds. The number of methoxy groups -OCH3 is 1. The summed E-state index contributed by atoms with van der Waals surface area (Å²) in [5.41, 5.74) is 0. The molecule has 2 unspecified atom stereocenters. The third-order valence-electron chi connectivity index (χ3n) is 6.55. The van der Waals surface area contributed by atoms with Gasteiger partial charge in [-0.15, -0.1) is 0 Å². The van der Waals surface area contributed by atoms with Gasteiger partial charge in [-0.1, -0.05) is 103 Å². The first-order valence-corrected chi connectivity index (χ1v) is 16.5. The summed E-state index contributed by atoms with van der Waals surface area (Å²) >= 11 is 5.68. The Morgan fingerprint density at radius 1 is 0.794 bits per heavy atom. The predicted molar refractivity (Wildman–Crippen MR) is 148 cm³/mol. The fraction of sp³-hybridized carbons (Fsp3) is 0.786. The first-order chi connectivity index (χ1) is 16.7. The molecule has 0 N–H and O–H groups in total. The van der Waals surface area contributed by atoms with Crippen LogP contribution in [0.3, 0.4) is 0 Å². The third-order valence-corrected chi connectivity index (χ3v) is 9.76. The van der Waals surface area contributed by atoms with Crippen LogP contribution >= 0.6 is 6.49 Å². The highest BCUT2D eigenvalue weighted by Gasteiger charge is 2.34. The lowest BCUT2D eigenvalue weighted by Crippen LogP contribution is -2.18. The molecule has 2 rings (SSSR count). The van der Waals surface area contributed by atoms with Gasteiger partial charge < -0.3 is 18.5 Å². The van der Waals surface area contributed by atoms with E-state index in [0.717, 1.165) is 24.1 Å². The molecule has 34 heavy (non-hydrogen) atoms. The van der Waals surface area contributed by atoms with E-state index in [0.29, 0.717) is 13.2 Å². The molecule has 0 radical (unpaired) electrons. The second-order valence-electron chi connectivity index (χ2n) is 9.60. The Bertz CT molecular complexity index is 667. The minimum absolute atomic E-state index is 0.0611. The Balaban J connectivity index is 1.35. The molecule has 0 aromatic heterocycles. The number of benzene rings is 1. The average Bonchev–Trinajstić information content (AvgIpc) is 3.25. The van der Waals surface area contributed by atoms with Gasteiger partial charge in [0.2, 0.25) is 6.49 Å². The molecule has 1 fully saturated rings. The average molecular weight is 513 g/mol. The van der Waals surface area contributed by atoms with Crippen molar-refractivity contribution in [1.29, 1.82) is 0 Å². The highest BCUT2D eigenvalue weighted by molar-refractivity contribution is 8.13. The van der Waals surface area contributed by atoms with Crippen molar-refractivity contribution < 1.29 is 18.5 Å². The van der Waals surface area contributed by atoms with Gasteiger partial charge in [-0.2, -0.15) is 0 Å². The second kappa shape index (κ2) is 18.8. The van der Waals surface area contributed by atoms with Crippen molar-refractivity contribution >= 4 is 23.6 Å². The Labute approximate surface area is 214 Å². The second-order valence-corrected chi connectivity index (χ2v) is 13.0. The maximum Gasteiger partial charge on any atom is 0.220 e. The normalized spacial score (nSPS) is 20.1. The van der Waals surface area contributed by atoms with Gasteiger partial charge in [-0.3, -0.25) is 0 Å². The zero-order valence-electron chi connectivity index (χ0n) is 21.8. The lowest BCUT2D eigenvalue weighted by molar-refractivity contribution is 0.0592. The van der Waals surface area contributed by atoms with Crippen LogP contribution < -0.4 is 10.0 Å². The Morgan fingerprint density at radius 3 is 1.79 bits per heavy atom. The van der Waals surface area contributed by atoms with Crippen LogP contribution in [0, 0.1) is 0 Å². The molecule has 4 nitrogen and oxygen atoms in total. The molecule has 1 aromatic carbocycles. The van der Waals surface area contributed by atoms with Gasteiger partial charge in [-0.25, -0.2) is 0 Å². The van der Waals surface area contributed by atoms with Crippen LogP contribution in [0.15, 0.2) is 24.3 Å². The fourth-order valence-electron chi connectivity index (χ4n) is 4.38. The van der Waals surface area contributed by atoms with E-state index in [1.165, 1.54) is 96.3 Å². The van der Waals surface area contributed by atoms with Crippen molar-refractivity contribution in [3.8, 4) is 5.75 Å². The van der Waals surface area contributed by atoms with E-state index in [4.69, 9.17) is 30.3 Å². The minimum Gasteiger partial charge on any atom is -0.497 e. The SMILES string of the molecule is CCCCCCCCCCCCCCCCCCOCC1COP(=S)(c2ccc(OC)cc2)O1. The lowest BCUT2D eigenvalue weighted by atomic mass is 10.0. The van der Waals surface area contributed by atoms with E-state index < -0.39 is 6.49 Å². The van der Waals surface area contributed by atoms with Crippen LogP contribution in [0.5, 0.6) is 5.75 Å². The molecule has 1 saturated heterocycles. The Hall–Kier alpha value is -0.450. The molecular weight excluding hydrogens is 463 g/mol. The van der Waals surface area contributed by atoms with Crippen LogP contribution in [-0.2, 0) is 25.6 Å². The van der Waals surface area contributed by atoms with E-state index in [2.05, 4.69) is 6.92 Å². The highest BCUT2D eigenvalue weighted by Crippen LogP contribution is 2.53. The van der Waals surface area contributed by atoms with Gasteiger partial charge in [0.25, 0.3) is 0 Å². The predicted octanol–water partition coefficient (Wildman–Crippen LogP) is 8.32. The highest BCUT2D eigenvalue weighted by atomic mass is 32.5. The van der Waals surface area contributed by atoms with Gasteiger partial charge in [0, 0.05) is 11.9 Å². The number of ether oxygens (including phenoxy) is 2. The summed E-state index contributed by atoms with van der Waals surface area (Å²) < 4.78 is 23.0. The van der Waals surface area contributed by atoms with Crippen molar-refractivity contribution in [2.75, 3.05) is 26.9 Å². The summed E-state index contributed by atoms with van der Waals surface area (Å²) in [5.74, 6) is 0.809. The number of hydrogen-bond donors (Lipinski definition) is 0. The topological polar surface area (TPSA) is 36.9 Å². The molecule has 2 atom stereocenters. The standard InChI is InChI=1S/C28H49O4PS/c1-3-4-5-6-7-8-9-10-11-12-13-14-15-16-17-18-23-30-24-27-25-31-33(34,32-27)28-21-19-26(29-2)20-22-28/h19-22,27H,3-18,23-25H2,1-2H3. The fourth-order valence-corrected chi connectivity index (χ4v) is 7.02. The van der Waals surface area contributed by atoms with Crippen LogP contribution in [0.25, 0.3) is 0 Å². The summed E-state index contributed by atoms with van der Waals surface area (Å²) in [5, 5.41) is 0.934. The molecule has 0 bridgehead atoms. The van der Waals surface area contributed by atoms with E-state index in [1.807, 2.05) is 24.3 Å². The van der Waals surface area contributed by atoms with Gasteiger partial charge in [-0.05, 0) is 42.5 Å². The number of hydrogen-bond acceptors (Lipinski definition) is 5. The molecule has 196 valence electrons. The van der Waals surface area contributed by atoms with Crippen LogP contribution in [0.4, 0.5) is 0 Å². The van der Waals surface area contributed by atoms with Crippen LogP contribution in [0.1, 0.15) is 110 Å². The van der Waals surface area contributed by atoms with Crippen molar-refractivity contribution in [1.82, 2.24) is 0 Å². The monoisotopic (exact) mass is 512 g/mol. The molecule has 6 heteroatoms. The third kappa shape index (κ3) is 12.5. The van der Waals surface area contributed by atoms with E-state index in [1.54, 1.807) is 7.11 Å². The zero-order valence-corrected chi connectivity index (χ0v) is 23.5. The number of rotatable bonds is 21. The summed E-state index contributed by atoms with van der Waals surface area (Å²) in [7, 11) is 1.66. The minimum atomic E-state index is -2.40. The summed E-state index contributed by atoms with van der Waals surface area (Å²) in [4.78, 5) is 0. The Morgan fingerprint density at radius 2 is 1.29 bits per heavy atom. The van der Waals surface area contributed by atoms with Crippen molar-refractivity contribution in [2.45, 2.75) is 116 Å². The molecule has 1 aliphatic rings. The number of unbranched alkanes of at least 4 members (excludes halogenated alkanes) is 15. The van der Waals surface area contributed by atoms with Crippen molar-refractivity contribution in [3.63, 3.8) is 0 Å². The smallest absolute Gasteiger partial charge is 0.220 e. The largest absolute Gasteiger partial charge is 0.497 e. The molecule has 1 aliphatic heterocycles. The quantitative estimate of drug-likeness (QED) is 0.122. The molecule has 0 aliphatic carbocycles. The van der Waals surface area contributed by atoms with Gasteiger partial charge in [0.15, 0.2) is 0 Å². The molecule has 0 spiro atoms. The molecule has 1 heterocycles. The van der Waals surface area contributed by atoms with Gasteiger partial charge in [0.1, 0.15) is 11.9 Å². The van der Waals surface area contributed by atoms with Crippen molar-refractivity contribution in [3.05, 3.63) is 24.3 Å². The van der Waals surface area contributed by atoms with Crippen LogP contribution in [-0.4, -0.2) is 33.0 Å². The summed E-state index contributed by atoms with van der Waals surface area (Å²) in [6.45, 7) is 1.76. The van der Waals surface area contributed by atoms with E-state index in [-0.39, 0.29) is 6.10 Å². The van der Waals surface area contributed by atoms with Crippen LogP contribution in [0.2, 0.25) is 0 Å². The maximum absolute atomic E-state index is 6.08. The Kier molecular flexibility index (Phi) is 16.4. The van der Waals surface area contributed by atoms with Gasteiger partial charge >= 0.3 is 0 Å². The van der Waals surface area contributed by atoms with E-state index >= 15 is 0 Å². The van der Waals surface area contributed by atoms with Gasteiger partial charge in [0.05, 0.1) is 20.3 Å². The first kappa shape index (κ1) is 29.8. The first-order valence-electron chi connectivity index (χ1n) is 13.8. The lowest BCUT2D eigenvalue weighted by Gasteiger charge is -2.16. The molecule has 1 aromatic rings. The summed E-state index contributed by atoms with van der Waals surface area (Å²) in [6.07, 6.45) is 22.1.